The average molecular weight is 805 g/mol. The Morgan fingerprint density at radius 2 is 1.86 bits per heavy atom. The number of hydrogen-bond acceptors (Lipinski definition) is 12. The number of rotatable bonds is 14. The number of nitrogens with zero attached hydrogens (tertiary/aromatic N) is 6. The number of carbonyl (C=O) groups is 2. The number of phenolic OH excluding ortho intramolecular Hbond substituents is 1. The second-order valence-electron chi connectivity index (χ2n) is 15.7. The molecular formula is C43H48N8O6S. The molecule has 2 fully saturated rings. The van der Waals surface area contributed by atoms with Crippen LogP contribution in [0.2, 0.25) is 0 Å². The first-order chi connectivity index (χ1) is 28.0. The normalized spacial score (nSPS) is 17.9. The van der Waals surface area contributed by atoms with Crippen molar-refractivity contribution < 1.29 is 29.1 Å². The summed E-state index contributed by atoms with van der Waals surface area (Å²) >= 11 is 1.59. The number of fused-ring (bicyclic) bond motifs is 1. The molecular weight excluding hydrogens is 757 g/mol. The smallest absolute Gasteiger partial charge is 0.254 e. The number of para-hydroxylation sites is 1. The number of hydrogen-bond donors (Lipinski definition) is 4. The zero-order chi connectivity index (χ0) is 40.5. The number of aliphatic hydroxyl groups is 1. The van der Waals surface area contributed by atoms with Gasteiger partial charge >= 0.3 is 0 Å². The highest BCUT2D eigenvalue weighted by Crippen LogP contribution is 2.36. The van der Waals surface area contributed by atoms with Gasteiger partial charge in [-0.3, -0.25) is 9.59 Å². The van der Waals surface area contributed by atoms with E-state index in [1.165, 1.54) is 4.90 Å². The largest absolute Gasteiger partial charge is 0.507 e. The first-order valence-electron chi connectivity index (χ1n) is 19.8. The van der Waals surface area contributed by atoms with E-state index in [-0.39, 0.29) is 36.4 Å². The van der Waals surface area contributed by atoms with Gasteiger partial charge in [0.25, 0.3) is 5.88 Å². The molecule has 0 aliphatic carbocycles. The van der Waals surface area contributed by atoms with Crippen molar-refractivity contribution in [2.45, 2.75) is 71.1 Å². The van der Waals surface area contributed by atoms with Crippen LogP contribution in [0.15, 0.2) is 70.7 Å². The Labute approximate surface area is 340 Å². The van der Waals surface area contributed by atoms with Crippen molar-refractivity contribution in [3.05, 3.63) is 94.4 Å². The van der Waals surface area contributed by atoms with Crippen LogP contribution < -0.4 is 10.1 Å². The number of benzene rings is 2. The van der Waals surface area contributed by atoms with E-state index in [1.807, 2.05) is 68.7 Å². The monoisotopic (exact) mass is 804 g/mol. The van der Waals surface area contributed by atoms with Gasteiger partial charge in [-0.25, -0.2) is 4.98 Å². The molecule has 0 saturated carbocycles. The molecule has 15 heteroatoms. The summed E-state index contributed by atoms with van der Waals surface area (Å²) in [6.45, 7) is 11.4. The van der Waals surface area contributed by atoms with Crippen LogP contribution in [-0.2, 0) is 16.1 Å². The van der Waals surface area contributed by atoms with Gasteiger partial charge in [0.05, 0.1) is 34.5 Å². The molecule has 6 heterocycles. The molecule has 14 nitrogen and oxygen atoms in total. The predicted molar refractivity (Wildman–Crippen MR) is 219 cm³/mol. The van der Waals surface area contributed by atoms with Crippen LogP contribution in [0.3, 0.4) is 0 Å². The number of aryl methyl sites for hydroxylation is 2. The summed E-state index contributed by atoms with van der Waals surface area (Å²) in [6.07, 6.45) is 0.127. The van der Waals surface area contributed by atoms with Crippen LogP contribution in [0.1, 0.15) is 66.8 Å². The van der Waals surface area contributed by atoms with Gasteiger partial charge in [-0.2, -0.15) is 0 Å². The number of ether oxygens (including phenoxy) is 1. The zero-order valence-corrected chi connectivity index (χ0v) is 33.8. The molecule has 8 rings (SSSR count). The number of aliphatic hydroxyl groups excluding tert-OH is 1. The van der Waals surface area contributed by atoms with Gasteiger partial charge in [0.15, 0.2) is 11.4 Å². The number of amides is 2. The number of aromatic hydroxyl groups is 1. The van der Waals surface area contributed by atoms with E-state index in [1.54, 1.807) is 29.5 Å². The Hall–Kier alpha value is -5.64. The second-order valence-corrected chi connectivity index (χ2v) is 16.6. The number of nitrogens with one attached hydrogen (secondary N) is 2. The minimum atomic E-state index is -0.810. The lowest BCUT2D eigenvalue weighted by Crippen LogP contribution is -2.48. The van der Waals surface area contributed by atoms with Gasteiger partial charge < -0.3 is 39.6 Å². The molecule has 0 radical (unpaired) electrons. The Balaban J connectivity index is 0.814. The number of aromatic nitrogens is 5. The van der Waals surface area contributed by atoms with Crippen molar-refractivity contribution in [2.24, 2.45) is 5.92 Å². The highest BCUT2D eigenvalue weighted by molar-refractivity contribution is 7.13. The second kappa shape index (κ2) is 16.7. The van der Waals surface area contributed by atoms with Crippen molar-refractivity contribution in [1.29, 1.82) is 0 Å². The van der Waals surface area contributed by atoms with Gasteiger partial charge in [0, 0.05) is 67.8 Å². The fourth-order valence-electron chi connectivity index (χ4n) is 8.13. The SMILES string of the molecule is Cc1ncsc1-c1ccc(CNC(=O)[C@@H]2C[C@@H](O)CN2C(=O)[C@@H](c2cc(OCCCN3CC(c4[nH]c5nnc(-c6ccccc6O)cc5c4C)C3)no2)C(C)C)cc1. The Morgan fingerprint density at radius 1 is 1.07 bits per heavy atom. The molecule has 2 amide bonds. The number of β-amino-alcohol motifs (C(OH)–C–C–N with tert-alkyl or cyclic N) is 1. The number of phenols is 1. The molecule has 3 atom stereocenters. The van der Waals surface area contributed by atoms with E-state index < -0.39 is 18.1 Å². The number of carbonyl (C=O) groups excluding carboxylic acids is 2. The molecule has 4 aromatic heterocycles. The highest BCUT2D eigenvalue weighted by Gasteiger charge is 2.43. The standard InChI is InChI=1S/C43H48N8O6S/c1-24(2)38(43(55)51-22-30(52)16-34(51)42(54)44-19-27-10-12-28(13-11-27)40-26(4)45-23-58-40)36-18-37(49-57-36)56-15-7-14-50-20-29(21-50)39-25(3)32-17-33(47-48-41(32)46-39)31-8-5-6-9-35(31)53/h5-6,8-13,17-18,23-24,29-30,34,38,52-53H,7,14-16,19-22H2,1-4H3,(H,44,54)(H,46,48)/t30-,34+,38-/m1/s1. The third-order valence-electron chi connectivity index (χ3n) is 11.3. The van der Waals surface area contributed by atoms with Gasteiger partial charge in [-0.15, -0.1) is 21.5 Å². The summed E-state index contributed by atoms with van der Waals surface area (Å²) in [5.41, 5.74) is 9.15. The fraction of sp³-hybridized carbons (Fsp3) is 0.395. The Bertz CT molecular complexity index is 2400. The molecule has 58 heavy (non-hydrogen) atoms. The van der Waals surface area contributed by atoms with Gasteiger partial charge in [0.1, 0.15) is 17.7 Å². The number of likely N-dealkylation sites (tertiary alicyclic amines) is 2. The van der Waals surface area contributed by atoms with E-state index in [2.05, 4.69) is 42.5 Å². The first-order valence-corrected chi connectivity index (χ1v) is 20.6. The predicted octanol–water partition coefficient (Wildman–Crippen LogP) is 5.94. The van der Waals surface area contributed by atoms with Crippen molar-refractivity contribution in [3.8, 4) is 33.3 Å². The van der Waals surface area contributed by atoms with Crippen molar-refractivity contribution >= 4 is 34.2 Å². The highest BCUT2D eigenvalue weighted by atomic mass is 32.1. The summed E-state index contributed by atoms with van der Waals surface area (Å²) in [7, 11) is 0. The lowest BCUT2D eigenvalue weighted by molar-refractivity contribution is -0.141. The van der Waals surface area contributed by atoms with Crippen LogP contribution in [-0.4, -0.2) is 102 Å². The molecule has 2 aliphatic heterocycles. The van der Waals surface area contributed by atoms with Crippen LogP contribution >= 0.6 is 11.3 Å². The number of aromatic amines is 1. The maximum Gasteiger partial charge on any atom is 0.254 e. The lowest BCUT2D eigenvalue weighted by atomic mass is 9.91. The third kappa shape index (κ3) is 8.06. The molecule has 302 valence electrons. The van der Waals surface area contributed by atoms with Crippen LogP contribution in [0.4, 0.5) is 0 Å². The first kappa shape index (κ1) is 39.2. The van der Waals surface area contributed by atoms with Crippen LogP contribution in [0.5, 0.6) is 11.6 Å². The number of H-pyrrole nitrogens is 1. The topological polar surface area (TPSA) is 183 Å². The molecule has 2 aromatic carbocycles. The van der Waals surface area contributed by atoms with E-state index in [0.29, 0.717) is 42.0 Å². The van der Waals surface area contributed by atoms with E-state index in [9.17, 15) is 19.8 Å². The lowest BCUT2D eigenvalue weighted by Gasteiger charge is -2.39. The molecule has 0 spiro atoms. The maximum atomic E-state index is 14.0. The van der Waals surface area contributed by atoms with Crippen molar-refractivity contribution in [2.75, 3.05) is 32.8 Å². The van der Waals surface area contributed by atoms with Crippen molar-refractivity contribution in [3.63, 3.8) is 0 Å². The third-order valence-corrected chi connectivity index (χ3v) is 12.3. The van der Waals surface area contributed by atoms with Crippen molar-refractivity contribution in [1.82, 2.24) is 40.4 Å². The summed E-state index contributed by atoms with van der Waals surface area (Å²) in [5.74, 6) is -0.275. The van der Waals surface area contributed by atoms with Crippen LogP contribution in [0.25, 0.3) is 32.7 Å². The van der Waals surface area contributed by atoms with Crippen LogP contribution in [0, 0.1) is 19.8 Å². The van der Waals surface area contributed by atoms with E-state index in [4.69, 9.17) is 9.26 Å². The zero-order valence-electron chi connectivity index (χ0n) is 33.0. The molecule has 2 aliphatic rings. The molecule has 0 bridgehead atoms. The molecule has 6 aromatic rings. The molecule has 2 saturated heterocycles. The maximum absolute atomic E-state index is 14.0. The van der Waals surface area contributed by atoms with E-state index in [0.717, 1.165) is 70.0 Å². The van der Waals surface area contributed by atoms with E-state index >= 15 is 0 Å². The summed E-state index contributed by atoms with van der Waals surface area (Å²) in [5, 5.41) is 37.7. The van der Waals surface area contributed by atoms with Gasteiger partial charge in [0.2, 0.25) is 11.8 Å². The summed E-state index contributed by atoms with van der Waals surface area (Å²) < 4.78 is 11.6. The minimum Gasteiger partial charge on any atom is -0.507 e. The summed E-state index contributed by atoms with van der Waals surface area (Å²) in [4.78, 5) is 40.3. The molecule has 4 N–H and O–H groups in total. The minimum absolute atomic E-state index is 0.0619. The van der Waals surface area contributed by atoms with Gasteiger partial charge in [-0.1, -0.05) is 50.2 Å². The quantitative estimate of drug-likeness (QED) is 0.0956. The Morgan fingerprint density at radius 3 is 2.60 bits per heavy atom. The Kier molecular flexibility index (Phi) is 11.3. The molecule has 0 unspecified atom stereocenters. The van der Waals surface area contributed by atoms with Gasteiger partial charge in [-0.05, 0) is 66.2 Å². The fourth-order valence-corrected chi connectivity index (χ4v) is 8.94. The number of thiazole rings is 1. The average Bonchev–Trinajstić information content (AvgIpc) is 4.00. The summed E-state index contributed by atoms with van der Waals surface area (Å²) in [6, 6.07) is 17.9.